The van der Waals surface area contributed by atoms with E-state index in [-0.39, 0.29) is 0 Å². The Morgan fingerprint density at radius 1 is 0.656 bits per heavy atom. The summed E-state index contributed by atoms with van der Waals surface area (Å²) in [7, 11) is 0. The summed E-state index contributed by atoms with van der Waals surface area (Å²) in [6.45, 7) is 13.1. The van der Waals surface area contributed by atoms with Gasteiger partial charge in [0, 0.05) is 5.33 Å². The van der Waals surface area contributed by atoms with Crippen LogP contribution in [0, 0.1) is 88.3 Å². The highest BCUT2D eigenvalue weighted by atomic mass is 79.9. The van der Waals surface area contributed by atoms with E-state index in [1.54, 1.807) is 44.9 Å². The molecule has 0 heterocycles. The monoisotopic (exact) mass is 502 g/mol. The van der Waals surface area contributed by atoms with Gasteiger partial charge in [-0.15, -0.1) is 0 Å². The predicted octanol–water partition coefficient (Wildman–Crippen LogP) is 9.08. The summed E-state index contributed by atoms with van der Waals surface area (Å²) in [6, 6.07) is 0. The molecule has 6 saturated carbocycles. The van der Waals surface area contributed by atoms with E-state index in [4.69, 9.17) is 0 Å². The molecule has 6 aliphatic carbocycles. The number of alkyl halides is 1. The van der Waals surface area contributed by atoms with E-state index in [9.17, 15) is 0 Å². The average Bonchev–Trinajstić information content (AvgIpc) is 3.59. The minimum atomic E-state index is 0.595. The second-order valence-electron chi connectivity index (χ2n) is 14.8. The summed E-state index contributed by atoms with van der Waals surface area (Å²) >= 11 is 3.93. The molecule has 0 amide bonds. The fraction of sp³-hybridized carbons (Fsp3) is 1.00. The van der Waals surface area contributed by atoms with Crippen LogP contribution in [0.1, 0.15) is 98.8 Å². The minimum absolute atomic E-state index is 0.595. The van der Waals surface area contributed by atoms with Crippen LogP contribution in [0.4, 0.5) is 0 Å². The molecule has 6 fully saturated rings. The molecule has 15 unspecified atom stereocenters. The van der Waals surface area contributed by atoms with Crippen LogP contribution in [-0.4, -0.2) is 5.33 Å². The molecule has 0 saturated heterocycles. The first-order chi connectivity index (χ1) is 15.3. The van der Waals surface area contributed by atoms with E-state index in [1.807, 2.05) is 0 Å². The van der Waals surface area contributed by atoms with Crippen molar-refractivity contribution in [3.63, 3.8) is 0 Å². The Hall–Kier alpha value is 0.480. The lowest BCUT2D eigenvalue weighted by molar-refractivity contribution is 0.00987. The fourth-order valence-electron chi connectivity index (χ4n) is 12.0. The standard InChI is InChI=1S/C31H51Br/c1-17-18(2)26-12-23(17)10-21(26)8-6-7-9-22-11-24-13-27(22)20(4)29(24)30-19(3)25-14-28(30)31(5,15-25)16-32/h17-30H,6-16H2,1-5H3. The molecule has 15 atom stereocenters. The van der Waals surface area contributed by atoms with Crippen molar-refractivity contribution >= 4 is 15.9 Å². The Morgan fingerprint density at radius 2 is 1.28 bits per heavy atom. The SMILES string of the molecule is CC1C2CC(CCCCC3CC4CC3C(C)C4C3C(C)C4CC3C(C)(CBr)C4)C(C2)C1C. The maximum absolute atomic E-state index is 3.93. The number of fused-ring (bicyclic) bond motifs is 6. The predicted molar refractivity (Wildman–Crippen MR) is 140 cm³/mol. The van der Waals surface area contributed by atoms with Gasteiger partial charge in [-0.05, 0) is 127 Å². The van der Waals surface area contributed by atoms with Gasteiger partial charge in [0.15, 0.2) is 0 Å². The van der Waals surface area contributed by atoms with Crippen molar-refractivity contribution in [2.75, 3.05) is 5.33 Å². The fourth-order valence-corrected chi connectivity index (χ4v) is 12.7. The summed E-state index contributed by atoms with van der Waals surface area (Å²) in [5.74, 6) is 14.7. The lowest BCUT2D eigenvalue weighted by Crippen LogP contribution is -2.43. The zero-order chi connectivity index (χ0) is 22.4. The van der Waals surface area contributed by atoms with Gasteiger partial charge in [0.1, 0.15) is 0 Å². The van der Waals surface area contributed by atoms with Crippen molar-refractivity contribution in [3.05, 3.63) is 0 Å². The van der Waals surface area contributed by atoms with Crippen molar-refractivity contribution in [2.45, 2.75) is 98.8 Å². The van der Waals surface area contributed by atoms with Gasteiger partial charge in [0.25, 0.3) is 0 Å². The van der Waals surface area contributed by atoms with E-state index >= 15 is 0 Å². The maximum Gasteiger partial charge on any atom is 0.00881 e. The normalized spacial score (nSPS) is 60.2. The summed E-state index contributed by atoms with van der Waals surface area (Å²) < 4.78 is 0. The smallest absolute Gasteiger partial charge is 0.00881 e. The van der Waals surface area contributed by atoms with Crippen LogP contribution < -0.4 is 0 Å². The van der Waals surface area contributed by atoms with Gasteiger partial charge >= 0.3 is 0 Å². The van der Waals surface area contributed by atoms with Crippen LogP contribution in [0.25, 0.3) is 0 Å². The Kier molecular flexibility index (Phi) is 5.92. The summed E-state index contributed by atoms with van der Waals surface area (Å²) in [4.78, 5) is 0. The van der Waals surface area contributed by atoms with E-state index in [1.165, 1.54) is 24.6 Å². The highest BCUT2D eigenvalue weighted by molar-refractivity contribution is 9.09. The molecule has 0 aromatic heterocycles. The van der Waals surface area contributed by atoms with Gasteiger partial charge in [-0.2, -0.15) is 0 Å². The minimum Gasteiger partial charge on any atom is -0.0922 e. The molecule has 6 rings (SSSR count). The third-order valence-electron chi connectivity index (χ3n) is 13.8. The molecule has 0 aromatic carbocycles. The molecule has 182 valence electrons. The van der Waals surface area contributed by atoms with Gasteiger partial charge < -0.3 is 0 Å². The first kappa shape index (κ1) is 22.9. The molecule has 1 heteroatoms. The van der Waals surface area contributed by atoms with Crippen LogP contribution >= 0.6 is 15.9 Å². The topological polar surface area (TPSA) is 0 Å². The molecule has 0 spiro atoms. The number of unbranched alkanes of at least 4 members (excludes halogenated alkanes) is 1. The maximum atomic E-state index is 3.93. The van der Waals surface area contributed by atoms with Gasteiger partial charge in [-0.1, -0.05) is 76.2 Å². The van der Waals surface area contributed by atoms with Crippen molar-refractivity contribution in [2.24, 2.45) is 88.3 Å². The van der Waals surface area contributed by atoms with Crippen LogP contribution in [-0.2, 0) is 0 Å². The first-order valence-corrected chi connectivity index (χ1v) is 16.0. The second-order valence-corrected chi connectivity index (χ2v) is 15.3. The van der Waals surface area contributed by atoms with E-state index in [0.717, 1.165) is 82.9 Å². The number of hydrogen-bond acceptors (Lipinski definition) is 0. The second kappa shape index (κ2) is 8.27. The molecule has 6 bridgehead atoms. The van der Waals surface area contributed by atoms with Crippen molar-refractivity contribution in [1.82, 2.24) is 0 Å². The third kappa shape index (κ3) is 3.31. The van der Waals surface area contributed by atoms with Crippen molar-refractivity contribution in [3.8, 4) is 0 Å². The molecule has 0 aliphatic heterocycles. The van der Waals surface area contributed by atoms with Gasteiger partial charge in [-0.25, -0.2) is 0 Å². The average molecular weight is 504 g/mol. The Labute approximate surface area is 208 Å². The Balaban J connectivity index is 1.01. The van der Waals surface area contributed by atoms with E-state index in [2.05, 4.69) is 50.5 Å². The highest BCUT2D eigenvalue weighted by Crippen LogP contribution is 2.69. The zero-order valence-electron chi connectivity index (χ0n) is 21.7. The first-order valence-electron chi connectivity index (χ1n) is 14.9. The Bertz CT molecular complexity index is 697. The highest BCUT2D eigenvalue weighted by Gasteiger charge is 2.62. The molecule has 32 heavy (non-hydrogen) atoms. The van der Waals surface area contributed by atoms with Crippen LogP contribution in [0.15, 0.2) is 0 Å². The van der Waals surface area contributed by atoms with Crippen molar-refractivity contribution in [1.29, 1.82) is 0 Å². The molecule has 0 radical (unpaired) electrons. The van der Waals surface area contributed by atoms with Gasteiger partial charge in [-0.3, -0.25) is 0 Å². The van der Waals surface area contributed by atoms with Crippen LogP contribution in [0.2, 0.25) is 0 Å². The molecule has 0 N–H and O–H groups in total. The molecular weight excluding hydrogens is 452 g/mol. The number of rotatable bonds is 7. The molecule has 0 aromatic rings. The largest absolute Gasteiger partial charge is 0.0922 e. The lowest BCUT2D eigenvalue weighted by atomic mass is 9.57. The Morgan fingerprint density at radius 3 is 1.84 bits per heavy atom. The molecule has 6 aliphatic rings. The number of halogens is 1. The quantitative estimate of drug-likeness (QED) is 0.240. The molecular formula is C31H51Br. The zero-order valence-corrected chi connectivity index (χ0v) is 23.3. The summed E-state index contributed by atoms with van der Waals surface area (Å²) in [6.07, 6.45) is 15.6. The van der Waals surface area contributed by atoms with Gasteiger partial charge in [0.2, 0.25) is 0 Å². The van der Waals surface area contributed by atoms with Gasteiger partial charge in [0.05, 0.1) is 0 Å². The van der Waals surface area contributed by atoms with Crippen molar-refractivity contribution < 1.29 is 0 Å². The lowest BCUT2D eigenvalue weighted by Gasteiger charge is -2.48. The summed E-state index contributed by atoms with van der Waals surface area (Å²) in [5, 5.41) is 1.24. The van der Waals surface area contributed by atoms with E-state index < -0.39 is 0 Å². The molecule has 0 nitrogen and oxygen atoms in total. The van der Waals surface area contributed by atoms with E-state index in [0.29, 0.717) is 5.41 Å². The van der Waals surface area contributed by atoms with Crippen LogP contribution in [0.3, 0.4) is 0 Å². The van der Waals surface area contributed by atoms with Crippen LogP contribution in [0.5, 0.6) is 0 Å². The third-order valence-corrected chi connectivity index (χ3v) is 15.1. The number of hydrogen-bond donors (Lipinski definition) is 0. The summed E-state index contributed by atoms with van der Waals surface area (Å²) in [5.41, 5.74) is 0.595.